The maximum atomic E-state index is 12.7. The summed E-state index contributed by atoms with van der Waals surface area (Å²) in [6, 6.07) is 15.5. The first-order chi connectivity index (χ1) is 12.0. The summed E-state index contributed by atoms with van der Waals surface area (Å²) in [6.07, 6.45) is 0. The van der Waals surface area contributed by atoms with Gasteiger partial charge in [0, 0.05) is 6.07 Å². The Morgan fingerprint density at radius 2 is 1.72 bits per heavy atom. The van der Waals surface area contributed by atoms with Crippen LogP contribution in [0.4, 0.5) is 11.4 Å². The van der Waals surface area contributed by atoms with E-state index in [4.69, 9.17) is 0 Å². The fraction of sp³-hybridized carbons (Fsp3) is 0.111. The Balaban J connectivity index is 1.97. The van der Waals surface area contributed by atoms with Crippen molar-refractivity contribution in [1.82, 2.24) is 9.78 Å². The maximum absolute atomic E-state index is 12.7. The van der Waals surface area contributed by atoms with Crippen LogP contribution in [0.5, 0.6) is 0 Å². The molecule has 3 aromatic rings. The van der Waals surface area contributed by atoms with Crippen LogP contribution in [-0.4, -0.2) is 20.6 Å². The number of carbonyl (C=O) groups is 1. The van der Waals surface area contributed by atoms with E-state index in [-0.39, 0.29) is 11.4 Å². The second-order valence-electron chi connectivity index (χ2n) is 5.52. The van der Waals surface area contributed by atoms with Crippen molar-refractivity contribution in [3.05, 3.63) is 81.7 Å². The van der Waals surface area contributed by atoms with Crippen LogP contribution < -0.4 is 5.32 Å². The van der Waals surface area contributed by atoms with Crippen molar-refractivity contribution < 1.29 is 9.72 Å². The van der Waals surface area contributed by atoms with E-state index >= 15 is 0 Å². The molecule has 0 radical (unpaired) electrons. The molecule has 25 heavy (non-hydrogen) atoms. The van der Waals surface area contributed by atoms with Crippen LogP contribution in [-0.2, 0) is 0 Å². The molecule has 1 amide bonds. The van der Waals surface area contributed by atoms with Crippen molar-refractivity contribution >= 4 is 17.3 Å². The third-order valence-electron chi connectivity index (χ3n) is 3.87. The van der Waals surface area contributed by atoms with Gasteiger partial charge >= 0.3 is 0 Å². The number of nitrogens with one attached hydrogen (secondary N) is 1. The molecule has 126 valence electrons. The average molecular weight is 336 g/mol. The number of nitrogens with zero attached hydrogens (tertiary/aromatic N) is 3. The number of carbonyl (C=O) groups excluding carboxylic acids is 1. The zero-order chi connectivity index (χ0) is 18.0. The van der Waals surface area contributed by atoms with Gasteiger partial charge in [-0.25, -0.2) is 4.68 Å². The quantitative estimate of drug-likeness (QED) is 0.581. The number of aromatic nitrogens is 2. The summed E-state index contributed by atoms with van der Waals surface area (Å²) in [5.74, 6) is -0.425. The van der Waals surface area contributed by atoms with E-state index in [0.29, 0.717) is 17.0 Å². The van der Waals surface area contributed by atoms with Crippen LogP contribution in [0, 0.1) is 24.0 Å². The van der Waals surface area contributed by atoms with Crippen molar-refractivity contribution in [1.29, 1.82) is 0 Å². The number of nitro groups is 1. The lowest BCUT2D eigenvalue weighted by Gasteiger charge is -2.07. The number of hydrogen-bond acceptors (Lipinski definition) is 4. The predicted octanol–water partition coefficient (Wildman–Crippen LogP) is 3.65. The van der Waals surface area contributed by atoms with Gasteiger partial charge in [0.1, 0.15) is 5.69 Å². The molecule has 3 rings (SSSR count). The summed E-state index contributed by atoms with van der Waals surface area (Å²) in [6.45, 7) is 3.53. The van der Waals surface area contributed by atoms with Gasteiger partial charge in [-0.15, -0.1) is 0 Å². The average Bonchev–Trinajstić information content (AvgIpc) is 2.90. The number of amides is 1. The number of nitro benzene ring substituents is 1. The molecule has 1 N–H and O–H groups in total. The number of para-hydroxylation sites is 3. The molecule has 0 fully saturated rings. The fourth-order valence-corrected chi connectivity index (χ4v) is 2.72. The van der Waals surface area contributed by atoms with Gasteiger partial charge < -0.3 is 5.32 Å². The van der Waals surface area contributed by atoms with Crippen LogP contribution in [0.3, 0.4) is 0 Å². The van der Waals surface area contributed by atoms with Gasteiger partial charge in [-0.1, -0.05) is 30.3 Å². The highest BCUT2D eigenvalue weighted by molar-refractivity contribution is 6.07. The Bertz CT molecular complexity index is 948. The molecule has 0 saturated heterocycles. The minimum Gasteiger partial charge on any atom is -0.316 e. The minimum absolute atomic E-state index is 0.151. The zero-order valence-corrected chi connectivity index (χ0v) is 13.8. The lowest BCUT2D eigenvalue weighted by atomic mass is 10.1. The predicted molar refractivity (Wildman–Crippen MR) is 94.1 cm³/mol. The van der Waals surface area contributed by atoms with E-state index in [1.54, 1.807) is 30.7 Å². The highest BCUT2D eigenvalue weighted by atomic mass is 16.6. The summed E-state index contributed by atoms with van der Waals surface area (Å²) < 4.78 is 1.68. The molecule has 0 atom stereocenters. The number of aryl methyl sites for hydroxylation is 1. The van der Waals surface area contributed by atoms with Gasteiger partial charge in [0.25, 0.3) is 11.6 Å². The molecule has 7 nitrogen and oxygen atoms in total. The third-order valence-corrected chi connectivity index (χ3v) is 3.87. The van der Waals surface area contributed by atoms with Crippen molar-refractivity contribution in [3.63, 3.8) is 0 Å². The monoisotopic (exact) mass is 336 g/mol. The van der Waals surface area contributed by atoms with E-state index < -0.39 is 10.8 Å². The van der Waals surface area contributed by atoms with Crippen molar-refractivity contribution in [2.24, 2.45) is 0 Å². The van der Waals surface area contributed by atoms with Crippen molar-refractivity contribution in [2.75, 3.05) is 5.32 Å². The van der Waals surface area contributed by atoms with Crippen molar-refractivity contribution in [3.8, 4) is 5.69 Å². The van der Waals surface area contributed by atoms with Gasteiger partial charge in [0.15, 0.2) is 0 Å². The van der Waals surface area contributed by atoms with Crippen molar-refractivity contribution in [2.45, 2.75) is 13.8 Å². The van der Waals surface area contributed by atoms with Crippen LogP contribution in [0.2, 0.25) is 0 Å². The molecule has 7 heteroatoms. The van der Waals surface area contributed by atoms with E-state index in [0.717, 1.165) is 5.69 Å². The number of benzene rings is 2. The van der Waals surface area contributed by atoms with Crippen LogP contribution >= 0.6 is 0 Å². The number of anilines is 1. The summed E-state index contributed by atoms with van der Waals surface area (Å²) in [5.41, 5.74) is 2.47. The van der Waals surface area contributed by atoms with Crippen LogP contribution in [0.1, 0.15) is 21.7 Å². The fourth-order valence-electron chi connectivity index (χ4n) is 2.72. The Kier molecular flexibility index (Phi) is 4.30. The van der Waals surface area contributed by atoms with E-state index in [1.165, 1.54) is 12.1 Å². The Hall–Kier alpha value is -3.48. The largest absolute Gasteiger partial charge is 0.316 e. The summed E-state index contributed by atoms with van der Waals surface area (Å²) in [4.78, 5) is 23.3. The SMILES string of the molecule is Cc1nn(-c2ccccc2)c(C)c1C(=O)Nc1ccccc1[N+](=O)[O-]. The summed E-state index contributed by atoms with van der Waals surface area (Å²) >= 11 is 0. The lowest BCUT2D eigenvalue weighted by molar-refractivity contribution is -0.383. The van der Waals surface area contributed by atoms with Gasteiger partial charge in [0.2, 0.25) is 0 Å². The third kappa shape index (κ3) is 3.12. The molecule has 1 heterocycles. The lowest BCUT2D eigenvalue weighted by Crippen LogP contribution is -2.15. The summed E-state index contributed by atoms with van der Waals surface area (Å²) in [5, 5.41) is 18.1. The zero-order valence-electron chi connectivity index (χ0n) is 13.8. The number of hydrogen-bond donors (Lipinski definition) is 1. The molecule has 0 aliphatic heterocycles. The van der Waals surface area contributed by atoms with E-state index in [9.17, 15) is 14.9 Å². The smallest absolute Gasteiger partial charge is 0.292 e. The van der Waals surface area contributed by atoms with Crippen LogP contribution in [0.25, 0.3) is 5.69 Å². The highest BCUT2D eigenvalue weighted by Crippen LogP contribution is 2.25. The van der Waals surface area contributed by atoms with Gasteiger partial charge in [0.05, 0.1) is 27.6 Å². The molecule has 0 aliphatic carbocycles. The van der Waals surface area contributed by atoms with Crippen LogP contribution in [0.15, 0.2) is 54.6 Å². The molecular weight excluding hydrogens is 320 g/mol. The highest BCUT2D eigenvalue weighted by Gasteiger charge is 2.22. The molecule has 0 saturated carbocycles. The van der Waals surface area contributed by atoms with Gasteiger partial charge in [-0.3, -0.25) is 14.9 Å². The van der Waals surface area contributed by atoms with Gasteiger partial charge in [-0.05, 0) is 32.0 Å². The first kappa shape index (κ1) is 16.4. The first-order valence-corrected chi connectivity index (χ1v) is 7.65. The topological polar surface area (TPSA) is 90.1 Å². The Morgan fingerprint density at radius 3 is 2.40 bits per heavy atom. The first-order valence-electron chi connectivity index (χ1n) is 7.65. The van der Waals surface area contributed by atoms with E-state index in [1.807, 2.05) is 30.3 Å². The molecular formula is C18H16N4O3. The summed E-state index contributed by atoms with van der Waals surface area (Å²) in [7, 11) is 0. The second kappa shape index (κ2) is 6.56. The molecule has 0 spiro atoms. The molecule has 1 aromatic heterocycles. The molecule has 2 aromatic carbocycles. The number of rotatable bonds is 4. The molecule has 0 bridgehead atoms. The maximum Gasteiger partial charge on any atom is 0.292 e. The Morgan fingerprint density at radius 1 is 1.08 bits per heavy atom. The van der Waals surface area contributed by atoms with Gasteiger partial charge in [-0.2, -0.15) is 5.10 Å². The Labute approximate surface area is 144 Å². The standard InChI is InChI=1S/C18H16N4O3/c1-12-17(13(2)21(20-12)14-8-4-3-5-9-14)18(23)19-15-10-6-7-11-16(15)22(24)25/h3-11H,1-2H3,(H,19,23). The molecule has 0 unspecified atom stereocenters. The normalized spacial score (nSPS) is 10.5. The minimum atomic E-state index is -0.525. The molecule has 0 aliphatic rings. The second-order valence-corrected chi connectivity index (χ2v) is 5.52. The van der Waals surface area contributed by atoms with E-state index in [2.05, 4.69) is 10.4 Å².